The number of rotatable bonds is 5. The van der Waals surface area contributed by atoms with E-state index in [-0.39, 0.29) is 18.1 Å². The number of hydrogen-bond acceptors (Lipinski definition) is 5. The number of ether oxygens (including phenoxy) is 1. The Hall–Kier alpha value is -1.63. The Morgan fingerprint density at radius 3 is 3.08 bits per heavy atom. The number of amides is 1. The van der Waals surface area contributed by atoms with E-state index in [1.807, 2.05) is 12.1 Å². The van der Waals surface area contributed by atoms with Gasteiger partial charge in [-0.2, -0.15) is 11.3 Å². The van der Waals surface area contributed by atoms with Gasteiger partial charge in [0.05, 0.1) is 18.9 Å². The minimum atomic E-state index is -0.331. The van der Waals surface area contributed by atoms with Gasteiger partial charge in [-0.3, -0.25) is 9.69 Å². The molecule has 5 nitrogen and oxygen atoms in total. The van der Waals surface area contributed by atoms with E-state index in [1.165, 1.54) is 5.56 Å². The predicted octanol–water partition coefficient (Wildman–Crippen LogP) is 2.78. The Kier molecular flexibility index (Phi) is 4.69. The second-order valence-corrected chi connectivity index (χ2v) is 7.28. The minimum absolute atomic E-state index is 0.0267. The molecule has 0 radical (unpaired) electrons. The summed E-state index contributed by atoms with van der Waals surface area (Å²) in [5.41, 5.74) is 1.37. The van der Waals surface area contributed by atoms with Crippen LogP contribution in [-0.4, -0.2) is 35.6 Å². The minimum Gasteiger partial charge on any atom is -0.467 e. The molecule has 0 bridgehead atoms. The number of carbonyl (C=O) groups is 1. The van der Waals surface area contributed by atoms with Gasteiger partial charge in [0.1, 0.15) is 11.9 Å². The Bertz CT molecular complexity index is 656. The lowest BCUT2D eigenvalue weighted by molar-refractivity contribution is -0.144. The van der Waals surface area contributed by atoms with Crippen molar-refractivity contribution in [1.29, 1.82) is 0 Å². The Morgan fingerprint density at radius 2 is 2.29 bits per heavy atom. The van der Waals surface area contributed by atoms with Crippen molar-refractivity contribution in [2.75, 3.05) is 6.54 Å². The summed E-state index contributed by atoms with van der Waals surface area (Å²) in [6.45, 7) is 2.46. The maximum atomic E-state index is 12.3. The number of nitrogens with zero attached hydrogens (tertiary/aromatic N) is 1. The van der Waals surface area contributed by atoms with E-state index in [4.69, 9.17) is 9.15 Å². The van der Waals surface area contributed by atoms with Gasteiger partial charge in [-0.25, -0.2) is 0 Å². The molecule has 0 aromatic carbocycles. The fourth-order valence-corrected chi connectivity index (χ4v) is 4.38. The topological polar surface area (TPSA) is 54.7 Å². The number of thiophene rings is 1. The first-order chi connectivity index (χ1) is 11.8. The van der Waals surface area contributed by atoms with Crippen molar-refractivity contribution in [2.24, 2.45) is 0 Å². The van der Waals surface area contributed by atoms with Gasteiger partial charge >= 0.3 is 0 Å². The summed E-state index contributed by atoms with van der Waals surface area (Å²) in [6, 6.07) is 6.31. The van der Waals surface area contributed by atoms with E-state index >= 15 is 0 Å². The van der Waals surface area contributed by atoms with Gasteiger partial charge in [-0.1, -0.05) is 0 Å². The molecule has 4 heterocycles. The van der Waals surface area contributed by atoms with Gasteiger partial charge in [0.15, 0.2) is 0 Å². The predicted molar refractivity (Wildman–Crippen MR) is 91.6 cm³/mol. The second-order valence-electron chi connectivity index (χ2n) is 6.50. The monoisotopic (exact) mass is 346 g/mol. The van der Waals surface area contributed by atoms with Crippen molar-refractivity contribution in [1.82, 2.24) is 10.2 Å². The molecule has 6 heteroatoms. The van der Waals surface area contributed by atoms with Crippen LogP contribution in [0.1, 0.15) is 30.6 Å². The Balaban J connectivity index is 1.29. The number of carbonyl (C=O) groups excluding carboxylic acids is 1. The fraction of sp³-hybridized carbons (Fsp3) is 0.500. The molecule has 2 aliphatic heterocycles. The van der Waals surface area contributed by atoms with E-state index in [2.05, 4.69) is 27.0 Å². The molecular formula is C18H22N2O3S. The lowest BCUT2D eigenvalue weighted by atomic mass is 9.98. The van der Waals surface area contributed by atoms with Crippen molar-refractivity contribution in [3.63, 3.8) is 0 Å². The summed E-state index contributed by atoms with van der Waals surface area (Å²) in [5, 5.41) is 7.25. The second kappa shape index (κ2) is 7.09. The number of hydrogen-bond donors (Lipinski definition) is 1. The zero-order valence-electron chi connectivity index (χ0n) is 13.5. The highest BCUT2D eigenvalue weighted by Gasteiger charge is 2.41. The van der Waals surface area contributed by atoms with E-state index in [1.54, 1.807) is 17.6 Å². The molecule has 2 saturated heterocycles. The number of furan rings is 1. The van der Waals surface area contributed by atoms with Crippen molar-refractivity contribution >= 4 is 17.2 Å². The van der Waals surface area contributed by atoms with E-state index in [0.717, 1.165) is 38.1 Å². The lowest BCUT2D eigenvalue weighted by Crippen LogP contribution is -2.47. The molecule has 1 amide bonds. The first kappa shape index (κ1) is 15.9. The third kappa shape index (κ3) is 3.41. The molecule has 0 spiro atoms. The summed E-state index contributed by atoms with van der Waals surface area (Å²) in [6.07, 6.45) is 4.28. The van der Waals surface area contributed by atoms with Crippen LogP contribution in [0.25, 0.3) is 0 Å². The van der Waals surface area contributed by atoms with Gasteiger partial charge in [0.25, 0.3) is 0 Å². The van der Waals surface area contributed by atoms with Crippen LogP contribution in [0.15, 0.2) is 39.6 Å². The molecule has 128 valence electrons. The zero-order valence-corrected chi connectivity index (χ0v) is 14.3. The molecule has 2 aromatic rings. The molecule has 2 aromatic heterocycles. The lowest BCUT2D eigenvalue weighted by Gasteiger charge is -2.35. The van der Waals surface area contributed by atoms with Gasteiger partial charge in [-0.15, -0.1) is 0 Å². The first-order valence-electron chi connectivity index (χ1n) is 8.50. The normalized spacial score (nSPS) is 27.1. The van der Waals surface area contributed by atoms with Crippen LogP contribution in [0.4, 0.5) is 0 Å². The van der Waals surface area contributed by atoms with Crippen LogP contribution in [0.5, 0.6) is 0 Å². The fourth-order valence-electron chi connectivity index (χ4n) is 3.72. The molecular weight excluding hydrogens is 324 g/mol. The summed E-state index contributed by atoms with van der Waals surface area (Å²) >= 11 is 1.74. The van der Waals surface area contributed by atoms with E-state index in [0.29, 0.717) is 12.6 Å². The van der Waals surface area contributed by atoms with Crippen LogP contribution in [0.2, 0.25) is 0 Å². The van der Waals surface area contributed by atoms with Gasteiger partial charge in [0, 0.05) is 19.1 Å². The molecule has 2 fully saturated rings. The highest BCUT2D eigenvalue weighted by molar-refractivity contribution is 7.07. The maximum absolute atomic E-state index is 12.3. The smallest absolute Gasteiger partial charge is 0.249 e. The molecule has 24 heavy (non-hydrogen) atoms. The molecule has 2 aliphatic rings. The van der Waals surface area contributed by atoms with E-state index in [9.17, 15) is 4.79 Å². The van der Waals surface area contributed by atoms with E-state index < -0.39 is 0 Å². The third-order valence-corrected chi connectivity index (χ3v) is 5.67. The summed E-state index contributed by atoms with van der Waals surface area (Å²) in [7, 11) is 0. The van der Waals surface area contributed by atoms with Crippen molar-refractivity contribution in [3.8, 4) is 0 Å². The molecule has 4 rings (SSSR count). The van der Waals surface area contributed by atoms with Crippen LogP contribution >= 0.6 is 11.3 Å². The van der Waals surface area contributed by atoms with Crippen LogP contribution in [0.3, 0.4) is 0 Å². The maximum Gasteiger partial charge on any atom is 0.249 e. The van der Waals surface area contributed by atoms with Crippen molar-refractivity contribution < 1.29 is 13.9 Å². The summed E-state index contributed by atoms with van der Waals surface area (Å²) < 4.78 is 11.4. The molecule has 0 aliphatic carbocycles. The summed E-state index contributed by atoms with van der Waals surface area (Å²) in [5.74, 6) is 0.737. The van der Waals surface area contributed by atoms with Crippen molar-refractivity contribution in [2.45, 2.75) is 50.6 Å². The number of nitrogens with one attached hydrogen (secondary N) is 1. The first-order valence-corrected chi connectivity index (χ1v) is 9.44. The zero-order chi connectivity index (χ0) is 16.4. The molecule has 0 unspecified atom stereocenters. The highest BCUT2D eigenvalue weighted by Crippen LogP contribution is 2.32. The highest BCUT2D eigenvalue weighted by atomic mass is 32.1. The Morgan fingerprint density at radius 1 is 1.33 bits per heavy atom. The summed E-state index contributed by atoms with van der Waals surface area (Å²) in [4.78, 5) is 14.8. The van der Waals surface area contributed by atoms with Crippen LogP contribution in [0, 0.1) is 0 Å². The third-order valence-electron chi connectivity index (χ3n) is 4.94. The van der Waals surface area contributed by atoms with Gasteiger partial charge in [0.2, 0.25) is 5.91 Å². The number of fused-ring (bicyclic) bond motifs is 1. The Labute approximate surface area is 145 Å². The van der Waals surface area contributed by atoms with Gasteiger partial charge < -0.3 is 14.5 Å². The van der Waals surface area contributed by atoms with Crippen LogP contribution < -0.4 is 5.32 Å². The quantitative estimate of drug-likeness (QED) is 0.904. The van der Waals surface area contributed by atoms with Crippen LogP contribution in [-0.2, 0) is 22.6 Å². The van der Waals surface area contributed by atoms with Crippen molar-refractivity contribution in [3.05, 3.63) is 46.5 Å². The van der Waals surface area contributed by atoms with Gasteiger partial charge in [-0.05, 0) is 53.8 Å². The standard InChI is InChI=1S/C18H22N2O3S/c21-18(19-10-14-2-1-8-22-14)17-4-3-15-16(23-17)5-7-20(15)11-13-6-9-24-12-13/h1-2,6,8-9,12,15-17H,3-5,7,10-11H2,(H,19,21)/t15-,16-,17-/m1/s1. The average molecular weight is 346 g/mol. The average Bonchev–Trinajstić information content (AvgIpc) is 3.35. The number of likely N-dealkylation sites (tertiary alicyclic amines) is 1. The molecule has 0 saturated carbocycles. The molecule has 1 N–H and O–H groups in total. The molecule has 3 atom stereocenters. The largest absolute Gasteiger partial charge is 0.467 e. The SMILES string of the molecule is O=C(NCc1ccco1)[C@H]1CC[C@@H]2[C@@H](CCN2Cc2ccsc2)O1.